The predicted molar refractivity (Wildman–Crippen MR) is 73.0 cm³/mol. The quantitative estimate of drug-likeness (QED) is 0.688. The fourth-order valence-corrected chi connectivity index (χ4v) is 1.95. The van der Waals surface area contributed by atoms with Gasteiger partial charge in [0, 0.05) is 19.1 Å². The highest BCUT2D eigenvalue weighted by Gasteiger charge is 2.12. The van der Waals surface area contributed by atoms with Crippen LogP contribution in [0.1, 0.15) is 29.3 Å². The van der Waals surface area contributed by atoms with Crippen molar-refractivity contribution in [3.8, 4) is 11.8 Å². The van der Waals surface area contributed by atoms with Crippen LogP contribution in [-0.4, -0.2) is 21.9 Å². The summed E-state index contributed by atoms with van der Waals surface area (Å²) in [5.74, 6) is 3.79. The number of thioether (sulfide) groups is 1. The zero-order valence-electron chi connectivity index (χ0n) is 10.00. The molecule has 0 aromatic heterocycles. The average Bonchev–Trinajstić information content (AvgIpc) is 2.31. The fraction of sp³-hybridized carbons (Fsp3) is 0.231. The van der Waals surface area contributed by atoms with Gasteiger partial charge in [0.2, 0.25) is 0 Å². The van der Waals surface area contributed by atoms with Crippen LogP contribution >= 0.6 is 23.4 Å². The molecule has 0 radical (unpaired) electrons. The molecule has 0 heterocycles. The van der Waals surface area contributed by atoms with Gasteiger partial charge in [0.25, 0.3) is 0 Å². The normalized spacial score (nSPS) is 9.63. The van der Waals surface area contributed by atoms with Crippen molar-refractivity contribution in [3.05, 3.63) is 34.1 Å². The summed E-state index contributed by atoms with van der Waals surface area (Å²) in [5, 5.41) is 8.70. The third kappa shape index (κ3) is 4.93. The molecular formula is C13H10ClFO3S. The Balaban J connectivity index is 2.80. The van der Waals surface area contributed by atoms with Gasteiger partial charge in [-0.1, -0.05) is 35.2 Å². The van der Waals surface area contributed by atoms with Crippen LogP contribution in [0.25, 0.3) is 0 Å². The number of carboxylic acids is 1. The Kier molecular flexibility index (Phi) is 5.87. The second-order valence-electron chi connectivity index (χ2n) is 3.51. The number of carbonyl (C=O) groups is 2. The molecule has 0 saturated carbocycles. The number of benzene rings is 1. The molecule has 0 aliphatic rings. The minimum atomic E-state index is -1.29. The average molecular weight is 301 g/mol. The molecule has 3 nitrogen and oxygen atoms in total. The van der Waals surface area contributed by atoms with E-state index in [2.05, 4.69) is 11.8 Å². The molecular weight excluding hydrogens is 291 g/mol. The van der Waals surface area contributed by atoms with E-state index in [4.69, 9.17) is 16.7 Å². The van der Waals surface area contributed by atoms with Gasteiger partial charge in [0.05, 0.1) is 16.1 Å². The number of carboxylic acid groups (broad SMARTS) is 1. The van der Waals surface area contributed by atoms with E-state index in [1.165, 1.54) is 13.0 Å². The predicted octanol–water partition coefficient (Wildman–Crippen LogP) is 3.20. The molecule has 100 valence electrons. The number of rotatable bonds is 3. The molecule has 0 unspecified atom stereocenters. The molecule has 0 aliphatic carbocycles. The van der Waals surface area contributed by atoms with Crippen LogP contribution in [0.15, 0.2) is 12.1 Å². The Morgan fingerprint density at radius 2 is 2.16 bits per heavy atom. The smallest absolute Gasteiger partial charge is 0.337 e. The third-order valence-electron chi connectivity index (χ3n) is 2.04. The molecule has 1 aromatic rings. The first-order valence-corrected chi connectivity index (χ1v) is 6.62. The van der Waals surface area contributed by atoms with Crippen molar-refractivity contribution in [1.29, 1.82) is 0 Å². The van der Waals surface area contributed by atoms with Crippen LogP contribution in [0.4, 0.5) is 4.39 Å². The molecule has 1 N–H and O–H groups in total. The van der Waals surface area contributed by atoms with E-state index in [9.17, 15) is 14.0 Å². The van der Waals surface area contributed by atoms with Gasteiger partial charge in [-0.15, -0.1) is 0 Å². The van der Waals surface area contributed by atoms with Crippen molar-refractivity contribution < 1.29 is 19.1 Å². The minimum absolute atomic E-state index is 0.00170. The lowest BCUT2D eigenvalue weighted by atomic mass is 10.1. The van der Waals surface area contributed by atoms with E-state index < -0.39 is 11.8 Å². The van der Waals surface area contributed by atoms with Crippen molar-refractivity contribution in [3.63, 3.8) is 0 Å². The maximum absolute atomic E-state index is 13.5. The largest absolute Gasteiger partial charge is 0.478 e. The van der Waals surface area contributed by atoms with E-state index in [1.807, 2.05) is 0 Å². The summed E-state index contributed by atoms with van der Waals surface area (Å²) < 4.78 is 13.5. The second-order valence-corrected chi connectivity index (χ2v) is 5.19. The molecule has 0 amide bonds. The van der Waals surface area contributed by atoms with Crippen molar-refractivity contribution in [1.82, 2.24) is 0 Å². The van der Waals surface area contributed by atoms with E-state index in [-0.39, 0.29) is 21.3 Å². The summed E-state index contributed by atoms with van der Waals surface area (Å²) in [6, 6.07) is 2.03. The van der Waals surface area contributed by atoms with Gasteiger partial charge < -0.3 is 5.11 Å². The van der Waals surface area contributed by atoms with E-state index >= 15 is 0 Å². The fourth-order valence-electron chi connectivity index (χ4n) is 1.21. The van der Waals surface area contributed by atoms with E-state index in [0.717, 1.165) is 17.8 Å². The molecule has 0 aliphatic heterocycles. The summed E-state index contributed by atoms with van der Waals surface area (Å²) in [4.78, 5) is 21.4. The molecule has 0 fully saturated rings. The standard InChI is InChI=1S/C13H10ClFO3S/c1-8(16)19-5-3-2-4-9-6-11(14)10(13(17)18)7-12(9)15/h6-7H,3,5H2,1H3,(H,17,18). The Labute approximate surface area is 119 Å². The van der Waals surface area contributed by atoms with Crippen LogP contribution < -0.4 is 0 Å². The lowest BCUT2D eigenvalue weighted by molar-refractivity contribution is -0.109. The molecule has 1 rings (SSSR count). The van der Waals surface area contributed by atoms with Crippen LogP contribution in [-0.2, 0) is 4.79 Å². The Hall–Kier alpha value is -1.51. The first-order chi connectivity index (χ1) is 8.91. The van der Waals surface area contributed by atoms with Gasteiger partial charge in [-0.05, 0) is 12.1 Å². The third-order valence-corrected chi connectivity index (χ3v) is 3.17. The topological polar surface area (TPSA) is 54.4 Å². The first-order valence-electron chi connectivity index (χ1n) is 5.26. The Bertz CT molecular complexity index is 575. The number of aromatic carboxylic acids is 1. The van der Waals surface area contributed by atoms with Crippen LogP contribution in [0.3, 0.4) is 0 Å². The SMILES string of the molecule is CC(=O)SCCC#Cc1cc(Cl)c(C(=O)O)cc1F. The zero-order valence-corrected chi connectivity index (χ0v) is 11.6. The zero-order chi connectivity index (χ0) is 14.4. The minimum Gasteiger partial charge on any atom is -0.478 e. The van der Waals surface area contributed by atoms with Crippen molar-refractivity contribution in [2.45, 2.75) is 13.3 Å². The second kappa shape index (κ2) is 7.17. The number of hydrogen-bond acceptors (Lipinski definition) is 3. The van der Waals surface area contributed by atoms with Crippen molar-refractivity contribution in [2.75, 3.05) is 5.75 Å². The van der Waals surface area contributed by atoms with Crippen molar-refractivity contribution in [2.24, 2.45) is 0 Å². The van der Waals surface area contributed by atoms with Gasteiger partial charge in [-0.2, -0.15) is 0 Å². The molecule has 19 heavy (non-hydrogen) atoms. The van der Waals surface area contributed by atoms with Gasteiger partial charge >= 0.3 is 5.97 Å². The first kappa shape index (κ1) is 15.5. The summed E-state index contributed by atoms with van der Waals surface area (Å²) in [6.07, 6.45) is 0.433. The van der Waals surface area contributed by atoms with E-state index in [1.54, 1.807) is 0 Å². The molecule has 1 aromatic carbocycles. The lowest BCUT2D eigenvalue weighted by Gasteiger charge is -2.00. The highest BCUT2D eigenvalue weighted by atomic mass is 35.5. The summed E-state index contributed by atoms with van der Waals surface area (Å²) in [5.41, 5.74) is -0.250. The highest BCUT2D eigenvalue weighted by Crippen LogP contribution is 2.20. The Morgan fingerprint density at radius 1 is 1.47 bits per heavy atom. The maximum Gasteiger partial charge on any atom is 0.337 e. The summed E-state index contributed by atoms with van der Waals surface area (Å²) in [7, 11) is 0. The van der Waals surface area contributed by atoms with Crippen molar-refractivity contribution >= 4 is 34.4 Å². The number of hydrogen-bond donors (Lipinski definition) is 1. The van der Waals surface area contributed by atoms with E-state index in [0.29, 0.717) is 12.2 Å². The monoisotopic (exact) mass is 300 g/mol. The molecule has 0 atom stereocenters. The lowest BCUT2D eigenvalue weighted by Crippen LogP contribution is -1.99. The van der Waals surface area contributed by atoms with Gasteiger partial charge in [0.15, 0.2) is 5.12 Å². The maximum atomic E-state index is 13.5. The van der Waals surface area contributed by atoms with Crippen LogP contribution in [0, 0.1) is 17.7 Å². The van der Waals surface area contributed by atoms with Crippen LogP contribution in [0.2, 0.25) is 5.02 Å². The molecule has 0 bridgehead atoms. The number of carbonyl (C=O) groups excluding carboxylic acids is 1. The number of halogens is 2. The van der Waals surface area contributed by atoms with Gasteiger partial charge in [-0.25, -0.2) is 9.18 Å². The van der Waals surface area contributed by atoms with Crippen LogP contribution in [0.5, 0.6) is 0 Å². The van der Waals surface area contributed by atoms with Gasteiger partial charge in [-0.3, -0.25) is 4.79 Å². The van der Waals surface area contributed by atoms with Gasteiger partial charge in [0.1, 0.15) is 5.82 Å². The molecule has 6 heteroatoms. The summed E-state index contributed by atoms with van der Waals surface area (Å²) in [6.45, 7) is 1.46. The molecule has 0 saturated heterocycles. The molecule has 0 spiro atoms. The Morgan fingerprint density at radius 3 is 2.74 bits per heavy atom. The summed E-state index contributed by atoms with van der Waals surface area (Å²) >= 11 is 6.86. The highest BCUT2D eigenvalue weighted by molar-refractivity contribution is 8.13.